The number of para-hydroxylation sites is 1. The molecule has 7 heteroatoms. The number of rotatable bonds is 4. The number of benzene rings is 1. The van der Waals surface area contributed by atoms with Crippen molar-refractivity contribution >= 4 is 46.5 Å². The summed E-state index contributed by atoms with van der Waals surface area (Å²) < 4.78 is 0. The first-order chi connectivity index (χ1) is 8.68. The molecule has 18 heavy (non-hydrogen) atoms. The second-order valence-corrected chi connectivity index (χ2v) is 6.80. The van der Waals surface area contributed by atoms with E-state index >= 15 is 0 Å². The fraction of sp³-hybridized carbons (Fsp3) is 0.455. The van der Waals surface area contributed by atoms with Crippen molar-refractivity contribution in [1.29, 1.82) is 0 Å². The van der Waals surface area contributed by atoms with Gasteiger partial charge in [0.2, 0.25) is 0 Å². The minimum atomic E-state index is -0.406. The van der Waals surface area contributed by atoms with Crippen molar-refractivity contribution in [3.63, 3.8) is 0 Å². The molecule has 2 rings (SSSR count). The van der Waals surface area contributed by atoms with E-state index in [2.05, 4.69) is 5.32 Å². The van der Waals surface area contributed by atoms with Gasteiger partial charge < -0.3 is 5.32 Å². The number of halogens is 1. The number of nitro benzene ring substituents is 1. The monoisotopic (exact) mass is 304 g/mol. The van der Waals surface area contributed by atoms with Gasteiger partial charge in [0.25, 0.3) is 5.69 Å². The van der Waals surface area contributed by atoms with Gasteiger partial charge in [-0.3, -0.25) is 10.1 Å². The summed E-state index contributed by atoms with van der Waals surface area (Å²) >= 11 is 9.84. The van der Waals surface area contributed by atoms with Crippen molar-refractivity contribution in [2.45, 2.75) is 5.25 Å². The van der Waals surface area contributed by atoms with Gasteiger partial charge in [-0.05, 0) is 6.07 Å². The molecule has 1 fully saturated rings. The molecule has 0 spiro atoms. The Morgan fingerprint density at radius 1 is 1.50 bits per heavy atom. The van der Waals surface area contributed by atoms with Crippen LogP contribution in [0.1, 0.15) is 0 Å². The van der Waals surface area contributed by atoms with Crippen LogP contribution < -0.4 is 5.32 Å². The second-order valence-electron chi connectivity index (χ2n) is 3.84. The number of anilines is 1. The molecular weight excluding hydrogens is 292 g/mol. The lowest BCUT2D eigenvalue weighted by atomic mass is 10.2. The van der Waals surface area contributed by atoms with Gasteiger partial charge in [0, 0.05) is 35.1 Å². The van der Waals surface area contributed by atoms with E-state index < -0.39 is 4.92 Å². The highest BCUT2D eigenvalue weighted by Crippen LogP contribution is 2.33. The summed E-state index contributed by atoms with van der Waals surface area (Å²) in [4.78, 5) is 10.5. The van der Waals surface area contributed by atoms with E-state index in [1.54, 1.807) is 12.1 Å². The minimum absolute atomic E-state index is 0.0379. The van der Waals surface area contributed by atoms with Crippen LogP contribution in [0.2, 0.25) is 5.02 Å². The van der Waals surface area contributed by atoms with Crippen molar-refractivity contribution in [3.05, 3.63) is 33.3 Å². The summed E-state index contributed by atoms with van der Waals surface area (Å²) in [6.07, 6.45) is 0. The van der Waals surface area contributed by atoms with Gasteiger partial charge in [-0.25, -0.2) is 0 Å². The summed E-state index contributed by atoms with van der Waals surface area (Å²) in [7, 11) is 0. The lowest BCUT2D eigenvalue weighted by Gasteiger charge is -2.21. The lowest BCUT2D eigenvalue weighted by molar-refractivity contribution is -0.383. The van der Waals surface area contributed by atoms with Gasteiger partial charge in [-0.15, -0.1) is 0 Å². The van der Waals surface area contributed by atoms with E-state index in [4.69, 9.17) is 11.6 Å². The molecule has 0 amide bonds. The average Bonchev–Trinajstić information content (AvgIpc) is 2.38. The van der Waals surface area contributed by atoms with Crippen LogP contribution >= 0.6 is 35.1 Å². The maximum absolute atomic E-state index is 10.9. The smallest absolute Gasteiger partial charge is 0.293 e. The van der Waals surface area contributed by atoms with E-state index in [9.17, 15) is 10.1 Å². The van der Waals surface area contributed by atoms with Gasteiger partial charge in [-0.1, -0.05) is 17.7 Å². The lowest BCUT2D eigenvalue weighted by Crippen LogP contribution is -2.23. The molecule has 1 aliphatic heterocycles. The van der Waals surface area contributed by atoms with Gasteiger partial charge in [-0.2, -0.15) is 23.5 Å². The Labute approximate surface area is 119 Å². The standard InChI is InChI=1S/C11H13ClN2O2S2/c12-9-2-1-3-10(14(15)16)11(9)13-6-8-7-17-4-5-18-8/h1-3,8,13H,4-7H2. The molecule has 0 bridgehead atoms. The fourth-order valence-electron chi connectivity index (χ4n) is 1.71. The molecule has 4 nitrogen and oxygen atoms in total. The van der Waals surface area contributed by atoms with Gasteiger partial charge in [0.1, 0.15) is 5.69 Å². The predicted molar refractivity (Wildman–Crippen MR) is 80.2 cm³/mol. The Kier molecular flexibility index (Phi) is 5.03. The zero-order valence-electron chi connectivity index (χ0n) is 9.60. The van der Waals surface area contributed by atoms with Crippen molar-refractivity contribution in [2.24, 2.45) is 0 Å². The Hall–Kier alpha value is -0.590. The van der Waals surface area contributed by atoms with Crippen LogP contribution in [0, 0.1) is 10.1 Å². The summed E-state index contributed by atoms with van der Waals surface area (Å²) in [5, 5.41) is 14.9. The Balaban J connectivity index is 2.05. The number of hydrogen-bond acceptors (Lipinski definition) is 5. The van der Waals surface area contributed by atoms with Crippen LogP contribution in [0.3, 0.4) is 0 Å². The molecule has 1 N–H and O–H groups in total. The Bertz CT molecular complexity index is 439. The molecule has 0 aliphatic carbocycles. The molecule has 1 aromatic carbocycles. The van der Waals surface area contributed by atoms with Gasteiger partial charge in [0.15, 0.2) is 0 Å². The van der Waals surface area contributed by atoms with Crippen LogP contribution in [0.4, 0.5) is 11.4 Å². The maximum atomic E-state index is 10.9. The van der Waals surface area contributed by atoms with E-state index in [1.165, 1.54) is 11.8 Å². The van der Waals surface area contributed by atoms with Gasteiger partial charge in [0.05, 0.1) is 9.95 Å². The molecule has 1 atom stereocenters. The highest BCUT2D eigenvalue weighted by atomic mass is 35.5. The highest BCUT2D eigenvalue weighted by molar-refractivity contribution is 8.06. The third-order valence-corrected chi connectivity index (χ3v) is 5.74. The molecule has 1 heterocycles. The predicted octanol–water partition coefficient (Wildman–Crippen LogP) is 3.51. The molecule has 0 aromatic heterocycles. The number of nitrogens with one attached hydrogen (secondary N) is 1. The highest BCUT2D eigenvalue weighted by Gasteiger charge is 2.19. The van der Waals surface area contributed by atoms with Crippen LogP contribution in [0.15, 0.2) is 18.2 Å². The second kappa shape index (κ2) is 6.54. The normalized spacial score (nSPS) is 19.5. The van der Waals surface area contributed by atoms with Crippen LogP contribution in [0.25, 0.3) is 0 Å². The molecule has 1 aliphatic rings. The number of nitrogens with zero attached hydrogens (tertiary/aromatic N) is 1. The Morgan fingerprint density at radius 2 is 2.33 bits per heavy atom. The first kappa shape index (κ1) is 13.8. The van der Waals surface area contributed by atoms with Crippen molar-refractivity contribution in [2.75, 3.05) is 29.1 Å². The summed E-state index contributed by atoms with van der Waals surface area (Å²) in [5.74, 6) is 3.41. The molecule has 0 radical (unpaired) electrons. The quantitative estimate of drug-likeness (QED) is 0.681. The molecule has 1 saturated heterocycles. The third-order valence-electron chi connectivity index (χ3n) is 2.58. The third kappa shape index (κ3) is 3.46. The summed E-state index contributed by atoms with van der Waals surface area (Å²) in [6, 6.07) is 4.73. The number of nitro groups is 1. The molecule has 1 unspecified atom stereocenters. The summed E-state index contributed by atoms with van der Waals surface area (Å²) in [6.45, 7) is 0.711. The SMILES string of the molecule is O=[N+]([O-])c1cccc(Cl)c1NCC1CSCCS1. The molecule has 0 saturated carbocycles. The van der Waals surface area contributed by atoms with Gasteiger partial charge >= 0.3 is 0 Å². The largest absolute Gasteiger partial charge is 0.377 e. The maximum Gasteiger partial charge on any atom is 0.293 e. The van der Waals surface area contributed by atoms with E-state index in [-0.39, 0.29) is 5.69 Å². The van der Waals surface area contributed by atoms with E-state index in [0.29, 0.717) is 22.5 Å². The van der Waals surface area contributed by atoms with Crippen molar-refractivity contribution in [3.8, 4) is 0 Å². The number of thioether (sulfide) groups is 2. The summed E-state index contributed by atoms with van der Waals surface area (Å²) in [5.41, 5.74) is 0.469. The van der Waals surface area contributed by atoms with Crippen molar-refractivity contribution in [1.82, 2.24) is 0 Å². The van der Waals surface area contributed by atoms with Crippen LogP contribution in [-0.4, -0.2) is 34.0 Å². The van der Waals surface area contributed by atoms with Crippen LogP contribution in [-0.2, 0) is 0 Å². The van der Waals surface area contributed by atoms with E-state index in [1.807, 2.05) is 23.5 Å². The molecular formula is C11H13ClN2O2S2. The zero-order chi connectivity index (χ0) is 13.0. The first-order valence-electron chi connectivity index (χ1n) is 5.54. The fourth-order valence-corrected chi connectivity index (χ4v) is 4.56. The van der Waals surface area contributed by atoms with E-state index in [0.717, 1.165) is 11.5 Å². The van der Waals surface area contributed by atoms with Crippen molar-refractivity contribution < 1.29 is 4.92 Å². The Morgan fingerprint density at radius 3 is 3.00 bits per heavy atom. The topological polar surface area (TPSA) is 55.2 Å². The average molecular weight is 305 g/mol. The molecule has 1 aromatic rings. The minimum Gasteiger partial charge on any atom is -0.377 e. The van der Waals surface area contributed by atoms with Crippen LogP contribution in [0.5, 0.6) is 0 Å². The first-order valence-corrected chi connectivity index (χ1v) is 8.12. The molecule has 98 valence electrons. The number of hydrogen-bond donors (Lipinski definition) is 1. The zero-order valence-corrected chi connectivity index (χ0v) is 12.0.